The number of anilines is 1. The molecular weight excluding hydrogens is 285 g/mol. The van der Waals surface area contributed by atoms with Gasteiger partial charge in [-0.15, -0.1) is 0 Å². The molecule has 2 heterocycles. The number of amides is 1. The highest BCUT2D eigenvalue weighted by atomic mass is 19.4. The summed E-state index contributed by atoms with van der Waals surface area (Å²) in [7, 11) is 3.29. The van der Waals surface area contributed by atoms with Gasteiger partial charge in [0, 0.05) is 39.4 Å². The molecule has 1 unspecified atom stereocenters. The average molecular weight is 304 g/mol. The summed E-state index contributed by atoms with van der Waals surface area (Å²) in [4.78, 5) is 14.7. The summed E-state index contributed by atoms with van der Waals surface area (Å²) in [6.07, 6.45) is -1.89. The number of carbonyl (C=O) groups is 1. The van der Waals surface area contributed by atoms with Crippen molar-refractivity contribution in [3.05, 3.63) is 12.3 Å². The van der Waals surface area contributed by atoms with Gasteiger partial charge in [0.15, 0.2) is 5.82 Å². The minimum atomic E-state index is -4.16. The molecule has 1 aromatic heterocycles. The first-order chi connectivity index (χ1) is 9.77. The lowest BCUT2D eigenvalue weighted by molar-refractivity contribution is -0.176. The van der Waals surface area contributed by atoms with Crippen LogP contribution in [0.2, 0.25) is 0 Å². The molecular formula is C13H19F3N4O. The van der Waals surface area contributed by atoms with Gasteiger partial charge in [-0.05, 0) is 12.8 Å². The number of piperidine rings is 1. The Morgan fingerprint density at radius 1 is 1.48 bits per heavy atom. The lowest BCUT2D eigenvalue weighted by Gasteiger charge is -2.33. The second-order valence-electron chi connectivity index (χ2n) is 5.49. The van der Waals surface area contributed by atoms with Gasteiger partial charge in [-0.2, -0.15) is 18.3 Å². The number of carbonyl (C=O) groups excluding carboxylic acids is 1. The van der Waals surface area contributed by atoms with Crippen molar-refractivity contribution in [2.75, 3.05) is 32.1 Å². The Kier molecular flexibility index (Phi) is 4.43. The molecule has 0 spiro atoms. The van der Waals surface area contributed by atoms with Gasteiger partial charge in [-0.25, -0.2) is 0 Å². The molecule has 118 valence electrons. The predicted molar refractivity (Wildman–Crippen MR) is 71.9 cm³/mol. The molecule has 5 nitrogen and oxygen atoms in total. The fraction of sp³-hybridized carbons (Fsp3) is 0.692. The highest BCUT2D eigenvalue weighted by Crippen LogP contribution is 2.34. The number of halogens is 3. The van der Waals surface area contributed by atoms with Crippen LogP contribution in [0, 0.1) is 5.92 Å². The van der Waals surface area contributed by atoms with Crippen LogP contribution >= 0.6 is 0 Å². The maximum Gasteiger partial charge on any atom is 0.393 e. The highest BCUT2D eigenvalue weighted by molar-refractivity contribution is 5.75. The predicted octanol–water partition coefficient (Wildman–Crippen LogP) is 1.75. The van der Waals surface area contributed by atoms with E-state index >= 15 is 0 Å². The molecule has 0 aromatic carbocycles. The van der Waals surface area contributed by atoms with E-state index in [0.717, 1.165) is 0 Å². The molecule has 0 aliphatic carbocycles. The standard InChI is InChI=1S/C13H19F3N4O/c1-18(2)12(21)9-20-7-5-11(17-20)19-6-3-4-10(8-19)13(14,15)16/h5,7,10H,3-4,6,8-9H2,1-2H3. The summed E-state index contributed by atoms with van der Waals surface area (Å²) in [5, 5.41) is 4.20. The molecule has 21 heavy (non-hydrogen) atoms. The first kappa shape index (κ1) is 15.7. The lowest BCUT2D eigenvalue weighted by atomic mass is 9.97. The number of hydrogen-bond donors (Lipinski definition) is 0. The molecule has 2 rings (SSSR count). The first-order valence-electron chi connectivity index (χ1n) is 6.82. The van der Waals surface area contributed by atoms with Gasteiger partial charge in [-0.1, -0.05) is 0 Å². The Morgan fingerprint density at radius 2 is 2.19 bits per heavy atom. The summed E-state index contributed by atoms with van der Waals surface area (Å²) < 4.78 is 39.8. The second kappa shape index (κ2) is 5.95. The third kappa shape index (κ3) is 3.89. The van der Waals surface area contributed by atoms with E-state index in [0.29, 0.717) is 18.8 Å². The van der Waals surface area contributed by atoms with Crippen molar-refractivity contribution < 1.29 is 18.0 Å². The zero-order chi connectivity index (χ0) is 15.6. The minimum Gasteiger partial charge on any atom is -0.355 e. The molecule has 1 aromatic rings. The molecule has 1 amide bonds. The van der Waals surface area contributed by atoms with Gasteiger partial charge in [-0.3, -0.25) is 9.48 Å². The number of rotatable bonds is 3. The molecule has 1 aliphatic rings. The zero-order valence-corrected chi connectivity index (χ0v) is 12.1. The molecule has 8 heteroatoms. The maximum atomic E-state index is 12.8. The van der Waals surface area contributed by atoms with Crippen LogP contribution in [0.5, 0.6) is 0 Å². The first-order valence-corrected chi connectivity index (χ1v) is 6.82. The summed E-state index contributed by atoms with van der Waals surface area (Å²) in [6.45, 7) is 0.580. The largest absolute Gasteiger partial charge is 0.393 e. The van der Waals surface area contributed by atoms with Crippen molar-refractivity contribution in [2.24, 2.45) is 5.92 Å². The van der Waals surface area contributed by atoms with E-state index < -0.39 is 12.1 Å². The van der Waals surface area contributed by atoms with Gasteiger partial charge in [0.1, 0.15) is 6.54 Å². The van der Waals surface area contributed by atoms with Crippen LogP contribution in [-0.2, 0) is 11.3 Å². The molecule has 1 atom stereocenters. The van der Waals surface area contributed by atoms with E-state index in [9.17, 15) is 18.0 Å². The maximum absolute atomic E-state index is 12.8. The van der Waals surface area contributed by atoms with Crippen molar-refractivity contribution in [3.8, 4) is 0 Å². The van der Waals surface area contributed by atoms with Crippen molar-refractivity contribution in [3.63, 3.8) is 0 Å². The van der Waals surface area contributed by atoms with Crippen LogP contribution in [0.4, 0.5) is 19.0 Å². The fourth-order valence-corrected chi connectivity index (χ4v) is 2.34. The van der Waals surface area contributed by atoms with E-state index in [-0.39, 0.29) is 25.4 Å². The Hall–Kier alpha value is -1.73. The van der Waals surface area contributed by atoms with E-state index in [1.165, 1.54) is 9.58 Å². The summed E-state index contributed by atoms with van der Waals surface area (Å²) in [5.74, 6) is -0.924. The van der Waals surface area contributed by atoms with E-state index in [4.69, 9.17) is 0 Å². The van der Waals surface area contributed by atoms with Gasteiger partial charge < -0.3 is 9.80 Å². The van der Waals surface area contributed by atoms with Crippen LogP contribution in [-0.4, -0.2) is 53.9 Å². The molecule has 0 radical (unpaired) electrons. The molecule has 1 fully saturated rings. The monoisotopic (exact) mass is 304 g/mol. The van der Waals surface area contributed by atoms with Gasteiger partial charge in [0.2, 0.25) is 5.91 Å². The Labute approximate surface area is 121 Å². The van der Waals surface area contributed by atoms with Gasteiger partial charge in [0.05, 0.1) is 5.92 Å². The molecule has 0 bridgehead atoms. The Bertz CT molecular complexity index is 498. The summed E-state index contributed by atoms with van der Waals surface area (Å²) >= 11 is 0. The number of hydrogen-bond acceptors (Lipinski definition) is 3. The molecule has 0 saturated carbocycles. The number of likely N-dealkylation sites (N-methyl/N-ethyl adjacent to an activating group) is 1. The van der Waals surface area contributed by atoms with Gasteiger partial charge in [0.25, 0.3) is 0 Å². The van der Waals surface area contributed by atoms with Crippen LogP contribution < -0.4 is 4.90 Å². The highest BCUT2D eigenvalue weighted by Gasteiger charge is 2.42. The van der Waals surface area contributed by atoms with E-state index in [1.54, 1.807) is 31.3 Å². The SMILES string of the molecule is CN(C)C(=O)Cn1ccc(N2CCCC(C(F)(F)F)C2)n1. The van der Waals surface area contributed by atoms with Crippen molar-refractivity contribution >= 4 is 11.7 Å². The minimum absolute atomic E-state index is 0.0673. The van der Waals surface area contributed by atoms with Crippen LogP contribution in [0.3, 0.4) is 0 Å². The summed E-state index contributed by atoms with van der Waals surface area (Å²) in [5.41, 5.74) is 0. The average Bonchev–Trinajstić information content (AvgIpc) is 2.86. The number of aromatic nitrogens is 2. The van der Waals surface area contributed by atoms with Crippen LogP contribution in [0.1, 0.15) is 12.8 Å². The normalized spacial score (nSPS) is 19.7. The van der Waals surface area contributed by atoms with Gasteiger partial charge >= 0.3 is 6.18 Å². The third-order valence-electron chi connectivity index (χ3n) is 3.63. The van der Waals surface area contributed by atoms with Crippen LogP contribution in [0.15, 0.2) is 12.3 Å². The van der Waals surface area contributed by atoms with E-state index in [1.807, 2.05) is 0 Å². The third-order valence-corrected chi connectivity index (χ3v) is 3.63. The smallest absolute Gasteiger partial charge is 0.355 e. The molecule has 1 aliphatic heterocycles. The van der Waals surface area contributed by atoms with E-state index in [2.05, 4.69) is 5.10 Å². The second-order valence-corrected chi connectivity index (χ2v) is 5.49. The van der Waals surface area contributed by atoms with Crippen molar-refractivity contribution in [1.29, 1.82) is 0 Å². The molecule has 1 saturated heterocycles. The lowest BCUT2D eigenvalue weighted by Crippen LogP contribution is -2.42. The summed E-state index contributed by atoms with van der Waals surface area (Å²) in [6, 6.07) is 1.65. The Balaban J connectivity index is 2.02. The number of alkyl halides is 3. The topological polar surface area (TPSA) is 41.4 Å². The van der Waals surface area contributed by atoms with Crippen molar-refractivity contribution in [1.82, 2.24) is 14.7 Å². The van der Waals surface area contributed by atoms with Crippen molar-refractivity contribution in [2.45, 2.75) is 25.6 Å². The Morgan fingerprint density at radius 3 is 2.81 bits per heavy atom. The quantitative estimate of drug-likeness (QED) is 0.854. The zero-order valence-electron chi connectivity index (χ0n) is 12.1. The van der Waals surface area contributed by atoms with Crippen LogP contribution in [0.25, 0.3) is 0 Å². The fourth-order valence-electron chi connectivity index (χ4n) is 2.34. The molecule has 0 N–H and O–H groups in total. The number of nitrogens with zero attached hydrogens (tertiary/aromatic N) is 4.